The van der Waals surface area contributed by atoms with Gasteiger partial charge in [0.1, 0.15) is 12.4 Å². The average molecular weight is 447 g/mol. The number of hydrazone groups is 1. The molecule has 0 N–H and O–H groups in total. The zero-order valence-corrected chi connectivity index (χ0v) is 17.5. The Morgan fingerprint density at radius 2 is 1.66 bits per heavy atom. The number of nitrogens with zero attached hydrogens (tertiary/aromatic N) is 2. The molecule has 0 bridgehead atoms. The number of hydrogen-bond acceptors (Lipinski definition) is 3. The predicted molar refractivity (Wildman–Crippen MR) is 120 cm³/mol. The van der Waals surface area contributed by atoms with Gasteiger partial charge in [-0.15, -0.1) is 0 Å². The fraction of sp³-hybridized carbons (Fsp3) is 0.0833. The Morgan fingerprint density at radius 3 is 2.41 bits per heavy atom. The number of halogens is 1. The summed E-state index contributed by atoms with van der Waals surface area (Å²) in [6, 6.07) is 25.2. The number of carbonyl (C=O) groups is 1. The molecule has 5 heteroatoms. The van der Waals surface area contributed by atoms with Crippen LogP contribution in [0, 0.1) is 0 Å². The Balaban J connectivity index is 1.59. The molecule has 1 aliphatic rings. The van der Waals surface area contributed by atoms with E-state index in [1.54, 1.807) is 0 Å². The molecule has 1 heterocycles. The predicted octanol–water partition coefficient (Wildman–Crippen LogP) is 5.83. The van der Waals surface area contributed by atoms with Crippen molar-refractivity contribution in [3.05, 3.63) is 100 Å². The van der Waals surface area contributed by atoms with Crippen molar-refractivity contribution < 1.29 is 9.53 Å². The highest BCUT2D eigenvalue weighted by molar-refractivity contribution is 9.10. The first-order valence-electron chi connectivity index (χ1n) is 9.25. The van der Waals surface area contributed by atoms with E-state index in [1.807, 2.05) is 91.9 Å². The third-order valence-corrected chi connectivity index (χ3v) is 5.12. The highest BCUT2D eigenvalue weighted by Gasteiger charge is 2.28. The molecule has 4 nitrogen and oxygen atoms in total. The third kappa shape index (κ3) is 4.30. The molecular weight excluding hydrogens is 428 g/mol. The number of para-hydroxylation sites is 1. The van der Waals surface area contributed by atoms with Gasteiger partial charge in [0.2, 0.25) is 0 Å². The van der Waals surface area contributed by atoms with Crippen LogP contribution in [0.3, 0.4) is 0 Å². The van der Waals surface area contributed by atoms with Gasteiger partial charge in [0.05, 0.1) is 17.0 Å². The van der Waals surface area contributed by atoms with Crippen LogP contribution in [0.5, 0.6) is 5.75 Å². The minimum absolute atomic E-state index is 0.150. The summed E-state index contributed by atoms with van der Waals surface area (Å²) in [7, 11) is 0. The minimum Gasteiger partial charge on any atom is -0.488 e. The van der Waals surface area contributed by atoms with Gasteiger partial charge in [-0.3, -0.25) is 4.79 Å². The number of hydrogen-bond donors (Lipinski definition) is 0. The summed E-state index contributed by atoms with van der Waals surface area (Å²) in [5, 5.41) is 5.88. The van der Waals surface area contributed by atoms with Crippen molar-refractivity contribution in [3.63, 3.8) is 0 Å². The molecule has 0 atom stereocenters. The summed E-state index contributed by atoms with van der Waals surface area (Å²) in [6.45, 7) is 2.31. The van der Waals surface area contributed by atoms with Crippen LogP contribution in [0.4, 0.5) is 5.69 Å². The molecule has 1 aliphatic heterocycles. The zero-order chi connectivity index (χ0) is 20.2. The molecule has 0 fully saturated rings. The van der Waals surface area contributed by atoms with Gasteiger partial charge >= 0.3 is 0 Å². The normalized spacial score (nSPS) is 15.0. The summed E-state index contributed by atoms with van der Waals surface area (Å²) in [5.74, 6) is 0.578. The number of rotatable bonds is 5. The fourth-order valence-corrected chi connectivity index (χ4v) is 3.33. The van der Waals surface area contributed by atoms with Gasteiger partial charge in [-0.1, -0.05) is 64.5 Å². The number of benzene rings is 3. The van der Waals surface area contributed by atoms with Gasteiger partial charge in [-0.2, -0.15) is 10.1 Å². The fourth-order valence-electron chi connectivity index (χ4n) is 3.06. The second kappa shape index (κ2) is 8.45. The smallest absolute Gasteiger partial charge is 0.280 e. The van der Waals surface area contributed by atoms with E-state index >= 15 is 0 Å². The molecule has 29 heavy (non-hydrogen) atoms. The van der Waals surface area contributed by atoms with E-state index in [0.29, 0.717) is 17.9 Å². The van der Waals surface area contributed by atoms with Crippen LogP contribution in [0.15, 0.2) is 94.0 Å². The monoisotopic (exact) mass is 446 g/mol. The topological polar surface area (TPSA) is 41.9 Å². The van der Waals surface area contributed by atoms with Crippen molar-refractivity contribution in [2.75, 3.05) is 5.01 Å². The standard InChI is InChI=1S/C24H19BrN2O2/c1-17-22(24(28)27(26-17)21-13-11-20(25)12-14-21)15-19-9-5-6-10-23(19)29-16-18-7-3-2-4-8-18/h2-15H,16H2,1H3. The van der Waals surface area contributed by atoms with Crippen LogP contribution < -0.4 is 9.75 Å². The summed E-state index contributed by atoms with van der Waals surface area (Å²) in [4.78, 5) is 13.0. The molecule has 0 aliphatic carbocycles. The first kappa shape index (κ1) is 19.2. The second-order valence-electron chi connectivity index (χ2n) is 6.65. The maximum atomic E-state index is 13.0. The lowest BCUT2D eigenvalue weighted by molar-refractivity contribution is -0.114. The van der Waals surface area contributed by atoms with E-state index in [2.05, 4.69) is 21.0 Å². The zero-order valence-electron chi connectivity index (χ0n) is 15.9. The molecule has 0 spiro atoms. The molecule has 0 radical (unpaired) electrons. The Morgan fingerprint density at radius 1 is 0.966 bits per heavy atom. The maximum Gasteiger partial charge on any atom is 0.280 e. The molecule has 0 unspecified atom stereocenters. The Labute approximate surface area is 178 Å². The van der Waals surface area contributed by atoms with Gasteiger partial charge in [0.15, 0.2) is 0 Å². The van der Waals surface area contributed by atoms with Gasteiger partial charge < -0.3 is 4.74 Å². The largest absolute Gasteiger partial charge is 0.488 e. The van der Waals surface area contributed by atoms with Crippen molar-refractivity contribution in [2.24, 2.45) is 5.10 Å². The highest BCUT2D eigenvalue weighted by Crippen LogP contribution is 2.28. The molecule has 4 rings (SSSR count). The van der Waals surface area contributed by atoms with Gasteiger partial charge in [0.25, 0.3) is 5.91 Å². The first-order chi connectivity index (χ1) is 14.1. The number of carbonyl (C=O) groups excluding carboxylic acids is 1. The molecule has 3 aromatic rings. The van der Waals surface area contributed by atoms with Crippen molar-refractivity contribution in [1.82, 2.24) is 0 Å². The van der Waals surface area contributed by atoms with Crippen molar-refractivity contribution in [3.8, 4) is 5.75 Å². The first-order valence-corrected chi connectivity index (χ1v) is 10.0. The number of anilines is 1. The van der Waals surface area contributed by atoms with Gasteiger partial charge in [0, 0.05) is 10.0 Å². The molecule has 1 amide bonds. The molecule has 0 aromatic heterocycles. The van der Waals surface area contributed by atoms with E-state index in [-0.39, 0.29) is 5.91 Å². The quantitative estimate of drug-likeness (QED) is 0.462. The highest BCUT2D eigenvalue weighted by atomic mass is 79.9. The van der Waals surface area contributed by atoms with E-state index in [4.69, 9.17) is 4.74 Å². The SMILES string of the molecule is CC1=NN(c2ccc(Br)cc2)C(=O)C1=Cc1ccccc1OCc1ccccc1. The van der Waals surface area contributed by atoms with Crippen LogP contribution >= 0.6 is 15.9 Å². The van der Waals surface area contributed by atoms with Crippen LogP contribution in [0.25, 0.3) is 6.08 Å². The van der Waals surface area contributed by atoms with Crippen molar-refractivity contribution in [2.45, 2.75) is 13.5 Å². The van der Waals surface area contributed by atoms with Crippen LogP contribution in [-0.2, 0) is 11.4 Å². The molecule has 0 saturated heterocycles. The summed E-state index contributed by atoms with van der Waals surface area (Å²) >= 11 is 3.41. The van der Waals surface area contributed by atoms with Gasteiger partial charge in [-0.25, -0.2) is 0 Å². The Hall–Kier alpha value is -3.18. The molecule has 144 valence electrons. The summed E-state index contributed by atoms with van der Waals surface area (Å²) < 4.78 is 6.97. The van der Waals surface area contributed by atoms with E-state index in [0.717, 1.165) is 27.0 Å². The summed E-state index contributed by atoms with van der Waals surface area (Å²) in [5.41, 5.74) is 3.90. The lowest BCUT2D eigenvalue weighted by Gasteiger charge is -2.12. The van der Waals surface area contributed by atoms with Crippen molar-refractivity contribution >= 4 is 39.3 Å². The third-order valence-electron chi connectivity index (χ3n) is 4.59. The van der Waals surface area contributed by atoms with E-state index < -0.39 is 0 Å². The van der Waals surface area contributed by atoms with Crippen LogP contribution in [0.2, 0.25) is 0 Å². The second-order valence-corrected chi connectivity index (χ2v) is 7.56. The molecular formula is C24H19BrN2O2. The number of ether oxygens (including phenoxy) is 1. The molecule has 0 saturated carbocycles. The average Bonchev–Trinajstić information content (AvgIpc) is 3.03. The Bertz CT molecular complexity index is 1090. The van der Waals surface area contributed by atoms with Crippen LogP contribution in [0.1, 0.15) is 18.1 Å². The lowest BCUT2D eigenvalue weighted by atomic mass is 10.1. The Kier molecular flexibility index (Phi) is 5.58. The van der Waals surface area contributed by atoms with Gasteiger partial charge in [-0.05, 0) is 48.9 Å². The summed E-state index contributed by atoms with van der Waals surface area (Å²) in [6.07, 6.45) is 1.85. The van der Waals surface area contributed by atoms with E-state index in [9.17, 15) is 4.79 Å². The maximum absolute atomic E-state index is 13.0. The van der Waals surface area contributed by atoms with E-state index in [1.165, 1.54) is 5.01 Å². The van der Waals surface area contributed by atoms with Crippen LogP contribution in [-0.4, -0.2) is 11.6 Å². The lowest BCUT2D eigenvalue weighted by Crippen LogP contribution is -2.21. The van der Waals surface area contributed by atoms with Crippen molar-refractivity contribution in [1.29, 1.82) is 0 Å². The molecule has 3 aromatic carbocycles. The minimum atomic E-state index is -0.150. The number of amides is 1.